The predicted octanol–water partition coefficient (Wildman–Crippen LogP) is 0.176. The summed E-state index contributed by atoms with van der Waals surface area (Å²) in [4.78, 5) is 23.6. The summed E-state index contributed by atoms with van der Waals surface area (Å²) in [7, 11) is 2.05. The van der Waals surface area contributed by atoms with Gasteiger partial charge in [0.1, 0.15) is 5.82 Å². The van der Waals surface area contributed by atoms with Gasteiger partial charge in [0.05, 0.1) is 0 Å². The molecule has 0 aliphatic carbocycles. The standard InChI is InChI=1S/C12H18N6O/c1-17-6-8-18(9-7-17)11(13)16-12(19)15-10-4-2-3-5-14-10/h2-5H,6-9H2,1H3,(H3,13,14,15,16,19). The van der Waals surface area contributed by atoms with Crippen LogP contribution in [-0.2, 0) is 0 Å². The first-order valence-electron chi connectivity index (χ1n) is 6.15. The summed E-state index contributed by atoms with van der Waals surface area (Å²) in [5.74, 6) is 0.712. The van der Waals surface area contributed by atoms with E-state index in [0.717, 1.165) is 26.2 Å². The Hall–Kier alpha value is -2.15. The number of piperazine rings is 1. The Morgan fingerprint density at radius 2 is 2.11 bits per heavy atom. The highest BCUT2D eigenvalue weighted by atomic mass is 16.2. The Labute approximate surface area is 112 Å². The van der Waals surface area contributed by atoms with Crippen LogP contribution in [0.15, 0.2) is 29.4 Å². The van der Waals surface area contributed by atoms with Gasteiger partial charge in [0.15, 0.2) is 0 Å². The highest BCUT2D eigenvalue weighted by molar-refractivity contribution is 5.98. The Kier molecular flexibility index (Phi) is 4.30. The van der Waals surface area contributed by atoms with Crippen molar-refractivity contribution >= 4 is 17.8 Å². The fourth-order valence-electron chi connectivity index (χ4n) is 1.78. The van der Waals surface area contributed by atoms with E-state index in [1.165, 1.54) is 0 Å². The number of hydrogen-bond acceptors (Lipinski definition) is 3. The molecule has 0 bridgehead atoms. The van der Waals surface area contributed by atoms with Crippen LogP contribution in [0.25, 0.3) is 0 Å². The van der Waals surface area contributed by atoms with Crippen molar-refractivity contribution in [2.24, 2.45) is 10.7 Å². The first kappa shape index (κ1) is 13.3. The molecule has 1 aliphatic rings. The molecule has 19 heavy (non-hydrogen) atoms. The molecular formula is C12H18N6O. The van der Waals surface area contributed by atoms with Gasteiger partial charge in [-0.25, -0.2) is 9.78 Å². The topological polar surface area (TPSA) is 86.8 Å². The number of carbonyl (C=O) groups excluding carboxylic acids is 1. The average molecular weight is 262 g/mol. The van der Waals surface area contributed by atoms with Gasteiger partial charge in [-0.05, 0) is 19.2 Å². The van der Waals surface area contributed by atoms with E-state index in [-0.39, 0.29) is 5.96 Å². The number of pyridine rings is 1. The van der Waals surface area contributed by atoms with Crippen molar-refractivity contribution in [2.75, 3.05) is 38.5 Å². The van der Waals surface area contributed by atoms with Crippen LogP contribution in [0, 0.1) is 0 Å². The minimum atomic E-state index is -0.505. The zero-order valence-electron chi connectivity index (χ0n) is 10.9. The van der Waals surface area contributed by atoms with E-state index in [4.69, 9.17) is 5.73 Å². The van der Waals surface area contributed by atoms with E-state index in [1.54, 1.807) is 24.4 Å². The smallest absolute Gasteiger partial charge is 0.349 e. The van der Waals surface area contributed by atoms with Crippen LogP contribution >= 0.6 is 0 Å². The van der Waals surface area contributed by atoms with Crippen molar-refractivity contribution in [1.29, 1.82) is 0 Å². The minimum absolute atomic E-state index is 0.251. The van der Waals surface area contributed by atoms with Crippen molar-refractivity contribution in [2.45, 2.75) is 0 Å². The SMILES string of the molecule is CN1CCN(C(N)=NC(=O)Nc2ccccn2)CC1. The Morgan fingerprint density at radius 1 is 1.37 bits per heavy atom. The van der Waals surface area contributed by atoms with Crippen LogP contribution in [0.4, 0.5) is 10.6 Å². The molecule has 0 spiro atoms. The molecule has 7 nitrogen and oxygen atoms in total. The number of carbonyl (C=O) groups is 1. The molecule has 1 aromatic rings. The molecule has 2 heterocycles. The summed E-state index contributed by atoms with van der Waals surface area (Å²) in [5, 5.41) is 2.57. The first-order chi connectivity index (χ1) is 9.15. The van der Waals surface area contributed by atoms with E-state index < -0.39 is 6.03 Å². The van der Waals surface area contributed by atoms with Gasteiger partial charge in [0.25, 0.3) is 0 Å². The highest BCUT2D eigenvalue weighted by Crippen LogP contribution is 2.02. The Balaban J connectivity index is 1.91. The normalized spacial score (nSPS) is 17.3. The van der Waals surface area contributed by atoms with Gasteiger partial charge in [-0.1, -0.05) is 6.07 Å². The van der Waals surface area contributed by atoms with E-state index in [1.807, 2.05) is 4.90 Å². The first-order valence-corrected chi connectivity index (χ1v) is 6.15. The number of likely N-dealkylation sites (N-methyl/N-ethyl adjacent to an activating group) is 1. The lowest BCUT2D eigenvalue weighted by Crippen LogP contribution is -2.50. The van der Waals surface area contributed by atoms with Crippen LogP contribution in [0.5, 0.6) is 0 Å². The molecule has 3 N–H and O–H groups in total. The molecule has 0 atom stereocenters. The number of hydrogen-bond donors (Lipinski definition) is 2. The second-order valence-corrected chi connectivity index (χ2v) is 4.41. The molecule has 2 rings (SSSR count). The fourth-order valence-corrected chi connectivity index (χ4v) is 1.78. The number of anilines is 1. The number of rotatable bonds is 1. The van der Waals surface area contributed by atoms with Crippen molar-refractivity contribution in [1.82, 2.24) is 14.8 Å². The molecule has 0 aromatic carbocycles. The minimum Gasteiger partial charge on any atom is -0.369 e. The van der Waals surface area contributed by atoms with Gasteiger partial charge in [-0.3, -0.25) is 5.32 Å². The van der Waals surface area contributed by atoms with Crippen molar-refractivity contribution in [3.63, 3.8) is 0 Å². The van der Waals surface area contributed by atoms with E-state index in [0.29, 0.717) is 5.82 Å². The maximum atomic E-state index is 11.7. The quantitative estimate of drug-likeness (QED) is 0.557. The molecule has 0 radical (unpaired) electrons. The number of nitrogens with zero attached hydrogens (tertiary/aromatic N) is 4. The van der Waals surface area contributed by atoms with Gasteiger partial charge in [-0.2, -0.15) is 4.99 Å². The monoisotopic (exact) mass is 262 g/mol. The molecule has 1 aromatic heterocycles. The zero-order valence-corrected chi connectivity index (χ0v) is 10.9. The maximum Gasteiger partial charge on any atom is 0.349 e. The summed E-state index contributed by atoms with van der Waals surface area (Å²) in [5.41, 5.74) is 5.82. The lowest BCUT2D eigenvalue weighted by atomic mass is 10.3. The summed E-state index contributed by atoms with van der Waals surface area (Å²) >= 11 is 0. The van der Waals surface area contributed by atoms with Crippen LogP contribution in [0.2, 0.25) is 0 Å². The maximum absolute atomic E-state index is 11.7. The lowest BCUT2D eigenvalue weighted by Gasteiger charge is -2.32. The Morgan fingerprint density at radius 3 is 2.74 bits per heavy atom. The van der Waals surface area contributed by atoms with Crippen molar-refractivity contribution < 1.29 is 4.79 Å². The van der Waals surface area contributed by atoms with Crippen LogP contribution in [0.3, 0.4) is 0 Å². The molecule has 1 saturated heterocycles. The predicted molar refractivity (Wildman–Crippen MR) is 73.9 cm³/mol. The third-order valence-corrected chi connectivity index (χ3v) is 2.94. The van der Waals surface area contributed by atoms with Crippen LogP contribution in [0.1, 0.15) is 0 Å². The largest absolute Gasteiger partial charge is 0.369 e. The third-order valence-electron chi connectivity index (χ3n) is 2.94. The number of nitrogens with one attached hydrogen (secondary N) is 1. The van der Waals surface area contributed by atoms with Crippen LogP contribution < -0.4 is 11.1 Å². The Bertz CT molecular complexity index is 453. The van der Waals surface area contributed by atoms with E-state index >= 15 is 0 Å². The molecule has 1 fully saturated rings. The zero-order chi connectivity index (χ0) is 13.7. The van der Waals surface area contributed by atoms with Crippen molar-refractivity contribution in [3.8, 4) is 0 Å². The van der Waals surface area contributed by atoms with E-state index in [9.17, 15) is 4.79 Å². The second kappa shape index (κ2) is 6.14. The van der Waals surface area contributed by atoms with Gasteiger partial charge in [0, 0.05) is 32.4 Å². The number of aromatic nitrogens is 1. The van der Waals surface area contributed by atoms with Gasteiger partial charge in [0.2, 0.25) is 5.96 Å². The summed E-state index contributed by atoms with van der Waals surface area (Å²) in [6.45, 7) is 3.39. The summed E-state index contributed by atoms with van der Waals surface area (Å²) in [6, 6.07) is 4.75. The second-order valence-electron chi connectivity index (χ2n) is 4.41. The molecular weight excluding hydrogens is 244 g/mol. The van der Waals surface area contributed by atoms with E-state index in [2.05, 4.69) is 27.2 Å². The van der Waals surface area contributed by atoms with Crippen molar-refractivity contribution in [3.05, 3.63) is 24.4 Å². The van der Waals surface area contributed by atoms with Gasteiger partial charge in [-0.15, -0.1) is 0 Å². The number of aliphatic imine (C=N–C) groups is 1. The molecule has 0 unspecified atom stereocenters. The number of nitrogens with two attached hydrogens (primary N) is 1. The molecule has 0 saturated carbocycles. The molecule has 7 heteroatoms. The number of guanidine groups is 1. The number of urea groups is 1. The summed E-state index contributed by atoms with van der Waals surface area (Å²) in [6.07, 6.45) is 1.60. The molecule has 102 valence electrons. The molecule has 2 amide bonds. The fraction of sp³-hybridized carbons (Fsp3) is 0.417. The lowest BCUT2D eigenvalue weighted by molar-refractivity contribution is 0.213. The van der Waals surface area contributed by atoms with Crippen LogP contribution in [-0.4, -0.2) is 60.0 Å². The number of amides is 2. The third kappa shape index (κ3) is 3.92. The summed E-state index contributed by atoms with van der Waals surface area (Å²) < 4.78 is 0. The highest BCUT2D eigenvalue weighted by Gasteiger charge is 2.16. The average Bonchev–Trinajstić information content (AvgIpc) is 2.40. The van der Waals surface area contributed by atoms with Gasteiger partial charge < -0.3 is 15.5 Å². The van der Waals surface area contributed by atoms with Gasteiger partial charge >= 0.3 is 6.03 Å². The molecule has 1 aliphatic heterocycles.